The van der Waals surface area contributed by atoms with E-state index in [-0.39, 0.29) is 16.8 Å². The predicted molar refractivity (Wildman–Crippen MR) is 92.6 cm³/mol. The van der Waals surface area contributed by atoms with Crippen molar-refractivity contribution in [2.75, 3.05) is 0 Å². The molecule has 2 atom stereocenters. The van der Waals surface area contributed by atoms with Gasteiger partial charge >= 0.3 is 5.97 Å². The zero-order chi connectivity index (χ0) is 19.6. The van der Waals surface area contributed by atoms with E-state index in [9.17, 15) is 28.8 Å². The van der Waals surface area contributed by atoms with Crippen molar-refractivity contribution in [3.8, 4) is 0 Å². The second-order valence-electron chi connectivity index (χ2n) is 6.67. The van der Waals surface area contributed by atoms with Gasteiger partial charge in [0.05, 0.1) is 10.5 Å². The molecule has 0 saturated heterocycles. The molecule has 0 aromatic heterocycles. The minimum Gasteiger partial charge on any atom is -0.454 e. The smallest absolute Gasteiger partial charge is 0.338 e. The van der Waals surface area contributed by atoms with Gasteiger partial charge in [0.1, 0.15) is 6.10 Å². The van der Waals surface area contributed by atoms with Crippen molar-refractivity contribution in [3.63, 3.8) is 0 Å². The number of hydrogen-bond acceptors (Lipinski definition) is 5. The van der Waals surface area contributed by atoms with Crippen molar-refractivity contribution in [1.82, 2.24) is 0 Å². The number of aliphatic hydroxyl groups is 1. The number of benzene rings is 2. The number of nitro groups is 1. The zero-order valence-corrected chi connectivity index (χ0v) is 15.2. The number of hydrogen-bond donors (Lipinski definition) is 1. The molecule has 0 saturated carbocycles. The fraction of sp³-hybridized carbons (Fsp3) is 0.278. The topological polar surface area (TPSA) is 89.7 Å². The molecular weight excluding hydrogens is 428 g/mol. The Bertz CT molecular complexity index is 978. The van der Waals surface area contributed by atoms with E-state index in [4.69, 9.17) is 4.74 Å². The van der Waals surface area contributed by atoms with Gasteiger partial charge in [0.2, 0.25) is 0 Å². The van der Waals surface area contributed by atoms with Crippen molar-refractivity contribution in [1.29, 1.82) is 0 Å². The Balaban J connectivity index is 1.65. The highest BCUT2D eigenvalue weighted by molar-refractivity contribution is 9.10. The van der Waals surface area contributed by atoms with Crippen LogP contribution < -0.4 is 0 Å². The summed E-state index contributed by atoms with van der Waals surface area (Å²) >= 11 is 3.26. The molecule has 2 aliphatic rings. The van der Waals surface area contributed by atoms with Crippen molar-refractivity contribution >= 4 is 27.6 Å². The lowest BCUT2D eigenvalue weighted by Gasteiger charge is -2.27. The van der Waals surface area contributed by atoms with Gasteiger partial charge < -0.3 is 9.84 Å². The normalized spacial score (nSPS) is 24.5. The molecule has 0 amide bonds. The molecule has 6 nitrogen and oxygen atoms in total. The van der Waals surface area contributed by atoms with E-state index in [1.807, 2.05) is 0 Å². The molecule has 0 radical (unpaired) electrons. The van der Waals surface area contributed by atoms with Crippen molar-refractivity contribution in [2.45, 2.75) is 30.5 Å². The molecule has 4 rings (SSSR count). The summed E-state index contributed by atoms with van der Waals surface area (Å²) in [4.78, 5) is 22.5. The number of carbonyl (C=O) groups is 1. The van der Waals surface area contributed by atoms with Gasteiger partial charge in [-0.25, -0.2) is 13.6 Å². The summed E-state index contributed by atoms with van der Waals surface area (Å²) in [6.45, 7) is 0. The standard InChI is InChI=1S/C18H12BrF2NO5/c19-11-5-10-7-18(20,21)17(24)8-14(13(6-11)15(10)17)27-16(23)9-1-3-12(4-2-9)22(25)26/h1-6,14,24H,7-8H2/t14-,17+/m1/s1. The second-order valence-corrected chi connectivity index (χ2v) is 7.59. The fourth-order valence-corrected chi connectivity index (χ4v) is 4.33. The van der Waals surface area contributed by atoms with Gasteiger partial charge in [-0.1, -0.05) is 15.9 Å². The molecule has 27 heavy (non-hydrogen) atoms. The number of ether oxygens (including phenoxy) is 1. The van der Waals surface area contributed by atoms with Crippen LogP contribution in [0.15, 0.2) is 40.9 Å². The molecule has 0 spiro atoms. The molecule has 2 aliphatic carbocycles. The largest absolute Gasteiger partial charge is 0.454 e. The quantitative estimate of drug-likeness (QED) is 0.442. The number of halogens is 3. The summed E-state index contributed by atoms with van der Waals surface area (Å²) in [5.74, 6) is -4.17. The number of nitro benzene ring substituents is 1. The van der Waals surface area contributed by atoms with Gasteiger partial charge in [0.25, 0.3) is 11.6 Å². The summed E-state index contributed by atoms with van der Waals surface area (Å²) < 4.78 is 34.8. The number of nitrogens with zero attached hydrogens (tertiary/aromatic N) is 1. The van der Waals surface area contributed by atoms with Crippen LogP contribution in [0, 0.1) is 10.1 Å². The van der Waals surface area contributed by atoms with Crippen LogP contribution in [0.2, 0.25) is 0 Å². The number of esters is 1. The highest BCUT2D eigenvalue weighted by atomic mass is 79.9. The minimum absolute atomic E-state index is 0.0524. The van der Waals surface area contributed by atoms with E-state index >= 15 is 0 Å². The van der Waals surface area contributed by atoms with E-state index in [0.29, 0.717) is 15.6 Å². The number of rotatable bonds is 3. The SMILES string of the molecule is O=C(O[C@@H]1C[C@]2(O)c3c(cc(Br)cc31)CC2(F)F)c1ccc([N+](=O)[O-])cc1. The van der Waals surface area contributed by atoms with Gasteiger partial charge in [-0.15, -0.1) is 0 Å². The van der Waals surface area contributed by atoms with E-state index in [2.05, 4.69) is 15.9 Å². The van der Waals surface area contributed by atoms with E-state index in [0.717, 1.165) is 12.1 Å². The third-order valence-corrected chi connectivity index (χ3v) is 5.50. The fourth-order valence-electron chi connectivity index (χ4n) is 3.80. The highest BCUT2D eigenvalue weighted by Gasteiger charge is 2.65. The molecule has 9 heteroatoms. The number of alkyl halides is 2. The second kappa shape index (κ2) is 5.80. The Morgan fingerprint density at radius 2 is 1.96 bits per heavy atom. The number of non-ortho nitro benzene ring substituents is 1. The number of carbonyl (C=O) groups excluding carboxylic acids is 1. The van der Waals surface area contributed by atoms with Crippen LogP contribution >= 0.6 is 15.9 Å². The van der Waals surface area contributed by atoms with Gasteiger partial charge in [-0.2, -0.15) is 0 Å². The first-order valence-electron chi connectivity index (χ1n) is 8.01. The maximum absolute atomic E-state index is 14.4. The monoisotopic (exact) mass is 439 g/mol. The Kier molecular flexibility index (Phi) is 3.87. The molecule has 0 unspecified atom stereocenters. The van der Waals surface area contributed by atoms with Crippen molar-refractivity contribution in [2.24, 2.45) is 0 Å². The Labute approximate surface area is 160 Å². The lowest BCUT2D eigenvalue weighted by molar-refractivity contribution is -0.384. The summed E-state index contributed by atoms with van der Waals surface area (Å²) in [5.41, 5.74) is -1.72. The molecule has 0 fully saturated rings. The van der Waals surface area contributed by atoms with Gasteiger partial charge in [0.15, 0.2) is 5.60 Å². The van der Waals surface area contributed by atoms with E-state index in [1.54, 1.807) is 6.07 Å². The van der Waals surface area contributed by atoms with Crippen LogP contribution in [0.5, 0.6) is 0 Å². The van der Waals surface area contributed by atoms with E-state index < -0.39 is 41.4 Å². The summed E-state index contributed by atoms with van der Waals surface area (Å²) in [6.07, 6.45) is -2.07. The summed E-state index contributed by atoms with van der Waals surface area (Å²) in [6, 6.07) is 7.87. The third-order valence-electron chi connectivity index (χ3n) is 5.04. The van der Waals surface area contributed by atoms with Crippen LogP contribution in [-0.2, 0) is 16.8 Å². The maximum Gasteiger partial charge on any atom is 0.338 e. The Morgan fingerprint density at radius 3 is 2.59 bits per heavy atom. The average Bonchev–Trinajstić information content (AvgIpc) is 2.98. The molecule has 0 heterocycles. The zero-order valence-electron chi connectivity index (χ0n) is 13.6. The first kappa shape index (κ1) is 18.0. The van der Waals surface area contributed by atoms with Crippen LogP contribution in [-0.4, -0.2) is 21.9 Å². The van der Waals surface area contributed by atoms with Crippen LogP contribution in [0.3, 0.4) is 0 Å². The van der Waals surface area contributed by atoms with Gasteiger partial charge in [-0.3, -0.25) is 10.1 Å². The van der Waals surface area contributed by atoms with Crippen LogP contribution in [0.1, 0.15) is 39.6 Å². The maximum atomic E-state index is 14.4. The molecule has 140 valence electrons. The van der Waals surface area contributed by atoms with Crippen LogP contribution in [0.4, 0.5) is 14.5 Å². The molecule has 1 N–H and O–H groups in total. The van der Waals surface area contributed by atoms with Crippen LogP contribution in [0.25, 0.3) is 0 Å². The molecule has 0 aliphatic heterocycles. The Morgan fingerprint density at radius 1 is 1.30 bits per heavy atom. The lowest BCUT2D eigenvalue weighted by atomic mass is 9.95. The molecular formula is C18H12BrF2NO5. The average molecular weight is 440 g/mol. The first-order valence-corrected chi connectivity index (χ1v) is 8.80. The van der Waals surface area contributed by atoms with E-state index in [1.165, 1.54) is 18.2 Å². The summed E-state index contributed by atoms with van der Waals surface area (Å²) in [7, 11) is 0. The lowest BCUT2D eigenvalue weighted by Crippen LogP contribution is -2.40. The predicted octanol–water partition coefficient (Wildman–Crippen LogP) is 4.04. The molecule has 0 bridgehead atoms. The van der Waals surface area contributed by atoms with Gasteiger partial charge in [-0.05, 0) is 29.8 Å². The third kappa shape index (κ3) is 2.64. The molecule has 2 aromatic carbocycles. The van der Waals surface area contributed by atoms with Gasteiger partial charge in [0, 0.05) is 40.6 Å². The summed E-state index contributed by atoms with van der Waals surface area (Å²) in [5, 5.41) is 21.3. The minimum atomic E-state index is -3.36. The van der Waals surface area contributed by atoms with Crippen molar-refractivity contribution < 1.29 is 28.3 Å². The first-order chi connectivity index (χ1) is 12.6. The molecule has 2 aromatic rings. The van der Waals surface area contributed by atoms with Crippen molar-refractivity contribution in [3.05, 3.63) is 73.2 Å². The highest BCUT2D eigenvalue weighted by Crippen LogP contribution is 2.59. The Hall–Kier alpha value is -2.39.